The van der Waals surface area contributed by atoms with Gasteiger partial charge in [-0.3, -0.25) is 14.4 Å². The summed E-state index contributed by atoms with van der Waals surface area (Å²) in [5.74, 6) is -0.955. The summed E-state index contributed by atoms with van der Waals surface area (Å²) in [6.07, 6.45) is 80.4. The predicted molar refractivity (Wildman–Crippen MR) is 306 cm³/mol. The minimum absolute atomic E-state index is 0.102. The maximum Gasteiger partial charge on any atom is 0.306 e. The molecule has 0 heterocycles. The molecule has 0 saturated heterocycles. The van der Waals surface area contributed by atoms with Crippen molar-refractivity contribution in [3.05, 3.63) is 122 Å². The molecule has 0 aliphatic heterocycles. The number of carbonyl (C=O) groups is 3. The van der Waals surface area contributed by atoms with Crippen molar-refractivity contribution in [2.75, 3.05) is 13.2 Å². The zero-order valence-corrected chi connectivity index (χ0v) is 45.9. The van der Waals surface area contributed by atoms with Gasteiger partial charge in [0.05, 0.1) is 0 Å². The summed E-state index contributed by atoms with van der Waals surface area (Å²) in [7, 11) is 0. The van der Waals surface area contributed by atoms with Crippen LogP contribution < -0.4 is 0 Å². The Morgan fingerprint density at radius 3 is 0.873 bits per heavy atom. The third-order valence-electron chi connectivity index (χ3n) is 11.9. The van der Waals surface area contributed by atoms with Crippen molar-refractivity contribution >= 4 is 17.9 Å². The number of esters is 3. The zero-order chi connectivity index (χ0) is 51.4. The molecule has 0 aliphatic carbocycles. The molecule has 0 aromatic rings. The van der Waals surface area contributed by atoms with Gasteiger partial charge in [0.2, 0.25) is 0 Å². The van der Waals surface area contributed by atoms with Crippen molar-refractivity contribution in [3.63, 3.8) is 0 Å². The lowest BCUT2D eigenvalue weighted by molar-refractivity contribution is -0.167. The molecule has 0 aromatic carbocycles. The Morgan fingerprint density at radius 2 is 0.549 bits per heavy atom. The first-order valence-corrected chi connectivity index (χ1v) is 29.0. The van der Waals surface area contributed by atoms with Crippen LogP contribution in [0, 0.1) is 0 Å². The zero-order valence-electron chi connectivity index (χ0n) is 45.9. The van der Waals surface area contributed by atoms with Gasteiger partial charge in [-0.2, -0.15) is 0 Å². The van der Waals surface area contributed by atoms with Gasteiger partial charge >= 0.3 is 17.9 Å². The number of unbranched alkanes of at least 4 members (excludes halogenated alkanes) is 20. The second-order valence-corrected chi connectivity index (χ2v) is 18.8. The van der Waals surface area contributed by atoms with Crippen LogP contribution in [-0.4, -0.2) is 37.2 Å². The van der Waals surface area contributed by atoms with Crippen molar-refractivity contribution in [3.8, 4) is 0 Å². The van der Waals surface area contributed by atoms with Crippen LogP contribution in [0.2, 0.25) is 0 Å². The van der Waals surface area contributed by atoms with Crippen molar-refractivity contribution < 1.29 is 28.6 Å². The highest BCUT2D eigenvalue weighted by atomic mass is 16.6. The molecule has 0 radical (unpaired) electrons. The van der Waals surface area contributed by atoms with E-state index < -0.39 is 6.10 Å². The van der Waals surface area contributed by atoms with E-state index in [0.717, 1.165) is 141 Å². The van der Waals surface area contributed by atoms with E-state index >= 15 is 0 Å². The number of ether oxygens (including phenoxy) is 3. The molecule has 0 rings (SSSR count). The Kier molecular flexibility index (Phi) is 54.9. The summed E-state index contributed by atoms with van der Waals surface area (Å²) in [5, 5.41) is 0. The highest BCUT2D eigenvalue weighted by Gasteiger charge is 2.19. The minimum Gasteiger partial charge on any atom is -0.462 e. The average molecular weight is 984 g/mol. The second-order valence-electron chi connectivity index (χ2n) is 18.8. The Bertz CT molecular complexity index is 1500. The number of rotatable bonds is 51. The summed E-state index contributed by atoms with van der Waals surface area (Å²) < 4.78 is 16.8. The van der Waals surface area contributed by atoms with Gasteiger partial charge in [0.15, 0.2) is 6.10 Å². The minimum atomic E-state index is -0.805. The lowest BCUT2D eigenvalue weighted by Crippen LogP contribution is -2.30. The van der Waals surface area contributed by atoms with E-state index in [1.165, 1.54) is 70.6 Å². The lowest BCUT2D eigenvalue weighted by atomic mass is 10.1. The van der Waals surface area contributed by atoms with Crippen LogP contribution in [0.5, 0.6) is 0 Å². The first kappa shape index (κ1) is 66.8. The van der Waals surface area contributed by atoms with Gasteiger partial charge in [-0.05, 0) is 128 Å². The molecule has 0 amide bonds. The van der Waals surface area contributed by atoms with Gasteiger partial charge < -0.3 is 14.2 Å². The maximum atomic E-state index is 12.9. The van der Waals surface area contributed by atoms with Crippen LogP contribution in [0.15, 0.2) is 122 Å². The van der Waals surface area contributed by atoms with Gasteiger partial charge in [0.1, 0.15) is 13.2 Å². The molecule has 0 bridgehead atoms. The molecule has 0 aliphatic rings. The van der Waals surface area contributed by atoms with Crippen LogP contribution in [0.3, 0.4) is 0 Å². The molecule has 0 aromatic heterocycles. The van der Waals surface area contributed by atoms with Crippen LogP contribution >= 0.6 is 0 Å². The average Bonchev–Trinajstić information content (AvgIpc) is 3.37. The summed E-state index contributed by atoms with van der Waals surface area (Å²) in [6, 6.07) is 0. The third-order valence-corrected chi connectivity index (χ3v) is 11.9. The standard InChI is InChI=1S/C65H106O6/c1-4-7-10-13-16-19-22-25-27-29-31-32-34-35-37-40-43-46-49-52-55-58-64(67)70-61-62(60-69-63(66)57-54-51-48-45-42-39-24-21-18-15-12-9-6-3)71-65(68)59-56-53-50-47-44-41-38-36-33-30-28-26-23-20-17-14-11-8-5-2/h7,9-10,12,16-21,25-28,31-32,35,37,39,42,62H,4-6,8,11,13-15,22-24,29-30,33-34,36,38,40-41,43-61H2,1-3H3/b10-7-,12-9-,19-16-,20-17-,21-18-,27-25-,28-26-,32-31-,37-35-,42-39-. The van der Waals surface area contributed by atoms with Crippen LogP contribution in [0.4, 0.5) is 0 Å². The molecule has 0 spiro atoms. The number of carbonyl (C=O) groups excluding carboxylic acids is 3. The van der Waals surface area contributed by atoms with E-state index in [1.807, 2.05) is 0 Å². The molecule has 0 N–H and O–H groups in total. The van der Waals surface area contributed by atoms with E-state index in [9.17, 15) is 14.4 Å². The van der Waals surface area contributed by atoms with Crippen molar-refractivity contribution in [1.82, 2.24) is 0 Å². The SMILES string of the molecule is CC/C=C\C/C=C\C/C=C\C/C=C\C/C=C\CCCCCCCC(=O)OCC(COC(=O)CCCCC/C=C\C/C=C\C/C=C\CC)OC(=O)CCCCCCCCCCC/C=C\C/C=C\CCCCC. The molecule has 6 nitrogen and oxygen atoms in total. The number of hydrogen-bond acceptors (Lipinski definition) is 6. The fourth-order valence-electron chi connectivity index (χ4n) is 7.63. The van der Waals surface area contributed by atoms with Gasteiger partial charge in [-0.25, -0.2) is 0 Å². The van der Waals surface area contributed by atoms with E-state index in [1.54, 1.807) is 0 Å². The maximum absolute atomic E-state index is 12.9. The molecule has 71 heavy (non-hydrogen) atoms. The molecular weight excluding hydrogens is 877 g/mol. The lowest BCUT2D eigenvalue weighted by Gasteiger charge is -2.18. The Morgan fingerprint density at radius 1 is 0.296 bits per heavy atom. The molecule has 1 atom stereocenters. The first-order chi connectivity index (χ1) is 35.0. The topological polar surface area (TPSA) is 78.9 Å². The van der Waals surface area contributed by atoms with Crippen molar-refractivity contribution in [1.29, 1.82) is 0 Å². The third kappa shape index (κ3) is 56.6. The van der Waals surface area contributed by atoms with Crippen LogP contribution in [0.1, 0.15) is 252 Å². The predicted octanol–water partition coefficient (Wildman–Crippen LogP) is 19.6. The number of allylic oxidation sites excluding steroid dienone is 20. The van der Waals surface area contributed by atoms with E-state index in [2.05, 4.69) is 142 Å². The highest BCUT2D eigenvalue weighted by molar-refractivity contribution is 5.71. The summed E-state index contributed by atoms with van der Waals surface area (Å²) in [6.45, 7) is 6.34. The molecule has 6 heteroatoms. The van der Waals surface area contributed by atoms with Gasteiger partial charge in [0.25, 0.3) is 0 Å². The number of hydrogen-bond donors (Lipinski definition) is 0. The van der Waals surface area contributed by atoms with Crippen molar-refractivity contribution in [2.24, 2.45) is 0 Å². The molecule has 402 valence electrons. The normalized spacial score (nSPS) is 13.0. The van der Waals surface area contributed by atoms with E-state index in [-0.39, 0.29) is 31.1 Å². The Hall–Kier alpha value is -4.19. The smallest absolute Gasteiger partial charge is 0.306 e. The monoisotopic (exact) mass is 983 g/mol. The molecule has 0 fully saturated rings. The Labute approximate surface area is 437 Å². The van der Waals surface area contributed by atoms with E-state index in [0.29, 0.717) is 19.3 Å². The second kappa shape index (κ2) is 58.4. The molecular formula is C65H106O6. The Balaban J connectivity index is 4.45. The molecule has 0 saturated carbocycles. The quantitative estimate of drug-likeness (QED) is 0.0261. The summed E-state index contributed by atoms with van der Waals surface area (Å²) in [5.41, 5.74) is 0. The largest absolute Gasteiger partial charge is 0.462 e. The van der Waals surface area contributed by atoms with E-state index in [4.69, 9.17) is 14.2 Å². The van der Waals surface area contributed by atoms with Crippen LogP contribution in [-0.2, 0) is 28.6 Å². The summed E-state index contributed by atoms with van der Waals surface area (Å²) >= 11 is 0. The highest BCUT2D eigenvalue weighted by Crippen LogP contribution is 2.14. The fourth-order valence-corrected chi connectivity index (χ4v) is 7.63. The van der Waals surface area contributed by atoms with Crippen molar-refractivity contribution in [2.45, 2.75) is 258 Å². The van der Waals surface area contributed by atoms with Gasteiger partial charge in [-0.15, -0.1) is 0 Å². The first-order valence-electron chi connectivity index (χ1n) is 29.0. The fraction of sp³-hybridized carbons (Fsp3) is 0.646. The van der Waals surface area contributed by atoms with Crippen LogP contribution in [0.25, 0.3) is 0 Å². The summed E-state index contributed by atoms with van der Waals surface area (Å²) in [4.78, 5) is 38.2. The van der Waals surface area contributed by atoms with Gasteiger partial charge in [0, 0.05) is 19.3 Å². The van der Waals surface area contributed by atoms with Gasteiger partial charge in [-0.1, -0.05) is 226 Å². The molecule has 1 unspecified atom stereocenters.